The van der Waals surface area contributed by atoms with Gasteiger partial charge in [-0.1, -0.05) is 42.9 Å². The van der Waals surface area contributed by atoms with Gasteiger partial charge in [0.1, 0.15) is 0 Å². The van der Waals surface area contributed by atoms with Crippen molar-refractivity contribution in [1.29, 1.82) is 0 Å². The molecule has 0 fully saturated rings. The number of rotatable bonds is 5. The first-order chi connectivity index (χ1) is 7.43. The van der Waals surface area contributed by atoms with Gasteiger partial charge in [0, 0.05) is 18.6 Å². The van der Waals surface area contributed by atoms with Crippen LogP contribution >= 0.6 is 0 Å². The second kappa shape index (κ2) is 8.08. The van der Waals surface area contributed by atoms with Gasteiger partial charge in [-0.3, -0.25) is 0 Å². The Morgan fingerprint density at radius 2 is 1.67 bits per heavy atom. The smallest absolute Gasteiger partial charge is 0.0431 e. The highest BCUT2D eigenvalue weighted by molar-refractivity contribution is 5.33. The zero-order chi connectivity index (χ0) is 10.8. The highest BCUT2D eigenvalue weighted by atomic mass is 16.2. The summed E-state index contributed by atoms with van der Waals surface area (Å²) in [6.07, 6.45) is 5.31. The maximum absolute atomic E-state index is 8.59. The van der Waals surface area contributed by atoms with Crippen molar-refractivity contribution in [3.63, 3.8) is 0 Å². The number of unbranched alkanes of at least 4 members (excludes halogenated alkanes) is 4. The van der Waals surface area contributed by atoms with E-state index in [2.05, 4.69) is 11.8 Å². The van der Waals surface area contributed by atoms with Crippen LogP contribution in [0.25, 0.3) is 0 Å². The Balaban J connectivity index is 2.12. The van der Waals surface area contributed by atoms with Crippen molar-refractivity contribution >= 4 is 0 Å². The Labute approximate surface area is 92.1 Å². The molecule has 80 valence electrons. The van der Waals surface area contributed by atoms with Crippen molar-refractivity contribution in [3.8, 4) is 11.8 Å². The molecule has 0 aliphatic rings. The van der Waals surface area contributed by atoms with Gasteiger partial charge in [0.15, 0.2) is 0 Å². The Morgan fingerprint density at radius 1 is 0.933 bits per heavy atom. The monoisotopic (exact) mass is 202 g/mol. The van der Waals surface area contributed by atoms with E-state index in [9.17, 15) is 0 Å². The van der Waals surface area contributed by atoms with Gasteiger partial charge in [0.05, 0.1) is 0 Å². The quantitative estimate of drug-likeness (QED) is 0.575. The van der Waals surface area contributed by atoms with Crippen molar-refractivity contribution in [1.82, 2.24) is 0 Å². The van der Waals surface area contributed by atoms with Crippen molar-refractivity contribution < 1.29 is 5.11 Å². The minimum Gasteiger partial charge on any atom is -0.396 e. The van der Waals surface area contributed by atoms with E-state index in [4.69, 9.17) is 5.11 Å². The van der Waals surface area contributed by atoms with Crippen LogP contribution in [0.3, 0.4) is 0 Å². The van der Waals surface area contributed by atoms with Crippen LogP contribution in [0, 0.1) is 11.8 Å². The topological polar surface area (TPSA) is 20.2 Å². The molecule has 1 aromatic carbocycles. The van der Waals surface area contributed by atoms with Crippen molar-refractivity contribution in [2.24, 2.45) is 0 Å². The van der Waals surface area contributed by atoms with Crippen LogP contribution in [-0.4, -0.2) is 11.7 Å². The van der Waals surface area contributed by atoms with Gasteiger partial charge in [-0.25, -0.2) is 0 Å². The lowest BCUT2D eigenvalue weighted by atomic mass is 10.1. The van der Waals surface area contributed by atoms with E-state index in [-0.39, 0.29) is 0 Å². The molecule has 0 aliphatic carbocycles. The zero-order valence-corrected chi connectivity index (χ0v) is 9.08. The molecule has 0 unspecified atom stereocenters. The summed E-state index contributed by atoms with van der Waals surface area (Å²) in [6.45, 7) is 0.315. The fourth-order valence-electron chi connectivity index (χ4n) is 1.36. The Hall–Kier alpha value is -1.26. The van der Waals surface area contributed by atoms with Crippen LogP contribution in [0.4, 0.5) is 0 Å². The summed E-state index contributed by atoms with van der Waals surface area (Å²) in [5, 5.41) is 8.59. The lowest BCUT2D eigenvalue weighted by molar-refractivity contribution is 0.282. The van der Waals surface area contributed by atoms with Crippen LogP contribution in [0.2, 0.25) is 0 Å². The number of aliphatic hydroxyl groups excluding tert-OH is 1. The molecule has 1 heteroatoms. The third-order valence-corrected chi connectivity index (χ3v) is 2.22. The maximum atomic E-state index is 8.59. The zero-order valence-electron chi connectivity index (χ0n) is 9.08. The minimum atomic E-state index is 0.315. The molecule has 0 spiro atoms. The highest BCUT2D eigenvalue weighted by Gasteiger charge is 1.87. The lowest BCUT2D eigenvalue weighted by Crippen LogP contribution is -1.82. The molecule has 0 bridgehead atoms. The molecular weight excluding hydrogens is 184 g/mol. The lowest BCUT2D eigenvalue weighted by Gasteiger charge is -1.94. The van der Waals surface area contributed by atoms with E-state index in [0.717, 1.165) is 31.2 Å². The van der Waals surface area contributed by atoms with Gasteiger partial charge in [-0.15, -0.1) is 0 Å². The summed E-state index contributed by atoms with van der Waals surface area (Å²) >= 11 is 0. The van der Waals surface area contributed by atoms with Gasteiger partial charge in [-0.05, 0) is 25.0 Å². The molecule has 1 aromatic rings. The molecule has 15 heavy (non-hydrogen) atoms. The van der Waals surface area contributed by atoms with E-state index in [1.54, 1.807) is 0 Å². The van der Waals surface area contributed by atoms with Gasteiger partial charge < -0.3 is 5.11 Å². The predicted octanol–water partition coefficient (Wildman–Crippen LogP) is 2.98. The Bertz CT molecular complexity index is 305. The van der Waals surface area contributed by atoms with Crippen molar-refractivity contribution in [3.05, 3.63) is 35.9 Å². The summed E-state index contributed by atoms with van der Waals surface area (Å²) in [7, 11) is 0. The first kappa shape index (κ1) is 11.8. The largest absolute Gasteiger partial charge is 0.396 e. The molecule has 1 rings (SSSR count). The normalized spacial score (nSPS) is 9.40. The van der Waals surface area contributed by atoms with E-state index in [0.29, 0.717) is 6.61 Å². The van der Waals surface area contributed by atoms with Crippen LogP contribution in [0.5, 0.6) is 0 Å². The number of hydrogen-bond acceptors (Lipinski definition) is 1. The molecule has 0 atom stereocenters. The summed E-state index contributed by atoms with van der Waals surface area (Å²) in [5.74, 6) is 6.30. The average molecular weight is 202 g/mol. The van der Waals surface area contributed by atoms with E-state index in [1.165, 1.54) is 6.42 Å². The average Bonchev–Trinajstić information content (AvgIpc) is 2.29. The van der Waals surface area contributed by atoms with Gasteiger partial charge in [0.2, 0.25) is 0 Å². The molecule has 0 aromatic heterocycles. The summed E-state index contributed by atoms with van der Waals surface area (Å²) in [4.78, 5) is 0. The van der Waals surface area contributed by atoms with Gasteiger partial charge >= 0.3 is 0 Å². The van der Waals surface area contributed by atoms with Crippen molar-refractivity contribution in [2.45, 2.75) is 32.1 Å². The minimum absolute atomic E-state index is 0.315. The summed E-state index contributed by atoms with van der Waals surface area (Å²) < 4.78 is 0. The van der Waals surface area contributed by atoms with Crippen LogP contribution in [-0.2, 0) is 0 Å². The third-order valence-electron chi connectivity index (χ3n) is 2.22. The molecule has 1 nitrogen and oxygen atoms in total. The van der Waals surface area contributed by atoms with Crippen LogP contribution < -0.4 is 0 Å². The summed E-state index contributed by atoms with van der Waals surface area (Å²) in [5.41, 5.74) is 1.09. The molecule has 1 N–H and O–H groups in total. The van der Waals surface area contributed by atoms with Crippen LogP contribution in [0.15, 0.2) is 30.3 Å². The van der Waals surface area contributed by atoms with E-state index in [1.807, 2.05) is 30.3 Å². The van der Waals surface area contributed by atoms with Gasteiger partial charge in [-0.2, -0.15) is 0 Å². The van der Waals surface area contributed by atoms with Gasteiger partial charge in [0.25, 0.3) is 0 Å². The Morgan fingerprint density at radius 3 is 2.40 bits per heavy atom. The number of benzene rings is 1. The molecule has 0 aliphatic heterocycles. The van der Waals surface area contributed by atoms with Crippen molar-refractivity contribution in [2.75, 3.05) is 6.61 Å². The SMILES string of the molecule is OCCCCCCC#Cc1ccccc1. The standard InChI is InChI=1S/C14H18O/c15-13-9-4-2-1-3-6-10-14-11-7-5-8-12-14/h5,7-8,11-12,15H,1-4,9,13H2. The Kier molecular flexibility index (Phi) is 6.36. The molecule has 0 saturated carbocycles. The van der Waals surface area contributed by atoms with E-state index < -0.39 is 0 Å². The molecular formula is C14H18O. The first-order valence-electron chi connectivity index (χ1n) is 5.58. The summed E-state index contributed by atoms with van der Waals surface area (Å²) in [6, 6.07) is 10.1. The first-order valence-corrected chi connectivity index (χ1v) is 5.58. The molecule has 0 amide bonds. The molecule has 0 radical (unpaired) electrons. The predicted molar refractivity (Wildman–Crippen MR) is 63.5 cm³/mol. The molecule has 0 saturated heterocycles. The third kappa shape index (κ3) is 5.93. The fraction of sp³-hybridized carbons (Fsp3) is 0.429. The van der Waals surface area contributed by atoms with E-state index >= 15 is 0 Å². The number of hydrogen-bond donors (Lipinski definition) is 1. The number of aliphatic hydroxyl groups is 1. The van der Waals surface area contributed by atoms with Crippen LogP contribution in [0.1, 0.15) is 37.7 Å². The second-order valence-electron chi connectivity index (χ2n) is 3.56. The maximum Gasteiger partial charge on any atom is 0.0431 e. The fourth-order valence-corrected chi connectivity index (χ4v) is 1.36. The second-order valence-corrected chi connectivity index (χ2v) is 3.56. The molecule has 0 heterocycles. The highest BCUT2D eigenvalue weighted by Crippen LogP contribution is 2.02.